The zero-order valence-corrected chi connectivity index (χ0v) is 15.5. The van der Waals surface area contributed by atoms with E-state index in [2.05, 4.69) is 0 Å². The van der Waals surface area contributed by atoms with Crippen molar-refractivity contribution in [3.63, 3.8) is 0 Å². The second-order valence-electron chi connectivity index (χ2n) is 6.31. The SMILES string of the molecule is COc1ccc2oc(C(=O)N(C)CCOc3ccc(C)cc3)c(C)c2c1. The molecule has 0 saturated carbocycles. The number of fused-ring (bicyclic) bond motifs is 1. The van der Waals surface area contributed by atoms with E-state index in [1.807, 2.05) is 56.3 Å². The Morgan fingerprint density at radius 2 is 1.77 bits per heavy atom. The van der Waals surface area contributed by atoms with Crippen LogP contribution in [0.2, 0.25) is 0 Å². The number of hydrogen-bond acceptors (Lipinski definition) is 4. The van der Waals surface area contributed by atoms with Crippen LogP contribution in [-0.2, 0) is 0 Å². The molecule has 0 unspecified atom stereocenters. The van der Waals surface area contributed by atoms with Gasteiger partial charge in [0, 0.05) is 18.0 Å². The van der Waals surface area contributed by atoms with Gasteiger partial charge in [-0.1, -0.05) is 17.7 Å². The maximum absolute atomic E-state index is 12.7. The zero-order valence-electron chi connectivity index (χ0n) is 15.5. The molecule has 1 amide bonds. The van der Waals surface area contributed by atoms with Crippen molar-refractivity contribution < 1.29 is 18.7 Å². The summed E-state index contributed by atoms with van der Waals surface area (Å²) >= 11 is 0. The molecule has 0 radical (unpaired) electrons. The van der Waals surface area contributed by atoms with Gasteiger partial charge >= 0.3 is 0 Å². The van der Waals surface area contributed by atoms with Crippen LogP contribution in [0.25, 0.3) is 11.0 Å². The van der Waals surface area contributed by atoms with Crippen LogP contribution >= 0.6 is 0 Å². The second-order valence-corrected chi connectivity index (χ2v) is 6.31. The fourth-order valence-electron chi connectivity index (χ4n) is 2.74. The molecule has 0 atom stereocenters. The minimum Gasteiger partial charge on any atom is -0.497 e. The quantitative estimate of drug-likeness (QED) is 0.666. The lowest BCUT2D eigenvalue weighted by Crippen LogP contribution is -2.31. The van der Waals surface area contributed by atoms with Gasteiger partial charge in [-0.3, -0.25) is 4.79 Å². The maximum atomic E-state index is 12.7. The van der Waals surface area contributed by atoms with Gasteiger partial charge in [0.05, 0.1) is 13.7 Å². The molecule has 136 valence electrons. The van der Waals surface area contributed by atoms with E-state index in [1.54, 1.807) is 19.1 Å². The number of amides is 1. The van der Waals surface area contributed by atoms with Crippen molar-refractivity contribution in [1.82, 2.24) is 4.90 Å². The van der Waals surface area contributed by atoms with E-state index in [9.17, 15) is 4.79 Å². The minimum absolute atomic E-state index is 0.162. The Morgan fingerprint density at radius 3 is 2.46 bits per heavy atom. The highest BCUT2D eigenvalue weighted by molar-refractivity contribution is 5.99. The first-order valence-corrected chi connectivity index (χ1v) is 8.51. The van der Waals surface area contributed by atoms with Crippen molar-refractivity contribution in [1.29, 1.82) is 0 Å². The molecule has 1 aromatic heterocycles. The third-order valence-electron chi connectivity index (χ3n) is 4.40. The molecule has 0 spiro atoms. The molecule has 2 aromatic carbocycles. The fourth-order valence-corrected chi connectivity index (χ4v) is 2.74. The van der Waals surface area contributed by atoms with Gasteiger partial charge in [0.1, 0.15) is 23.7 Å². The van der Waals surface area contributed by atoms with Gasteiger partial charge in [-0.05, 0) is 44.2 Å². The van der Waals surface area contributed by atoms with E-state index in [0.29, 0.717) is 24.5 Å². The van der Waals surface area contributed by atoms with Gasteiger partial charge < -0.3 is 18.8 Å². The van der Waals surface area contributed by atoms with Crippen molar-refractivity contribution in [3.8, 4) is 11.5 Å². The molecule has 0 N–H and O–H groups in total. The van der Waals surface area contributed by atoms with Crippen molar-refractivity contribution >= 4 is 16.9 Å². The number of aryl methyl sites for hydroxylation is 2. The van der Waals surface area contributed by atoms with Crippen molar-refractivity contribution in [2.75, 3.05) is 27.3 Å². The number of carbonyl (C=O) groups excluding carboxylic acids is 1. The minimum atomic E-state index is -0.162. The van der Waals surface area contributed by atoms with Crippen LogP contribution in [0.3, 0.4) is 0 Å². The van der Waals surface area contributed by atoms with Gasteiger partial charge in [0.2, 0.25) is 0 Å². The van der Waals surface area contributed by atoms with Crippen LogP contribution in [-0.4, -0.2) is 38.1 Å². The largest absolute Gasteiger partial charge is 0.497 e. The average molecular weight is 353 g/mol. The molecule has 26 heavy (non-hydrogen) atoms. The smallest absolute Gasteiger partial charge is 0.289 e. The van der Waals surface area contributed by atoms with Gasteiger partial charge in [-0.15, -0.1) is 0 Å². The number of methoxy groups -OCH3 is 1. The summed E-state index contributed by atoms with van der Waals surface area (Å²) in [6, 6.07) is 13.4. The van der Waals surface area contributed by atoms with E-state index in [1.165, 1.54) is 5.56 Å². The summed E-state index contributed by atoms with van der Waals surface area (Å²) in [5, 5.41) is 0.886. The highest BCUT2D eigenvalue weighted by Gasteiger charge is 2.21. The first-order valence-electron chi connectivity index (χ1n) is 8.51. The number of furan rings is 1. The third-order valence-corrected chi connectivity index (χ3v) is 4.40. The molecule has 0 fully saturated rings. The van der Waals surface area contributed by atoms with E-state index in [4.69, 9.17) is 13.9 Å². The van der Waals surface area contributed by atoms with Crippen molar-refractivity contribution in [2.24, 2.45) is 0 Å². The highest BCUT2D eigenvalue weighted by atomic mass is 16.5. The monoisotopic (exact) mass is 353 g/mol. The summed E-state index contributed by atoms with van der Waals surface area (Å²) in [6.45, 7) is 4.79. The molecular weight excluding hydrogens is 330 g/mol. The summed E-state index contributed by atoms with van der Waals surface area (Å²) in [5.41, 5.74) is 2.67. The first-order chi connectivity index (χ1) is 12.5. The van der Waals surface area contributed by atoms with Crippen molar-refractivity contribution in [3.05, 3.63) is 59.4 Å². The summed E-state index contributed by atoms with van der Waals surface area (Å²) in [5.74, 6) is 1.72. The highest BCUT2D eigenvalue weighted by Crippen LogP contribution is 2.29. The van der Waals surface area contributed by atoms with Gasteiger partial charge in [-0.2, -0.15) is 0 Å². The van der Waals surface area contributed by atoms with Crippen molar-refractivity contribution in [2.45, 2.75) is 13.8 Å². The van der Waals surface area contributed by atoms with E-state index < -0.39 is 0 Å². The molecular formula is C21H23NO4. The molecule has 3 rings (SSSR count). The number of likely N-dealkylation sites (N-methyl/N-ethyl adjacent to an activating group) is 1. The third kappa shape index (κ3) is 3.67. The summed E-state index contributed by atoms with van der Waals surface area (Å²) < 4.78 is 16.7. The van der Waals surface area contributed by atoms with Crippen LogP contribution in [0.5, 0.6) is 11.5 Å². The molecule has 0 saturated heterocycles. The maximum Gasteiger partial charge on any atom is 0.289 e. The fraction of sp³-hybridized carbons (Fsp3) is 0.286. The Hall–Kier alpha value is -2.95. The second kappa shape index (κ2) is 7.52. The number of carbonyl (C=O) groups is 1. The Morgan fingerprint density at radius 1 is 1.08 bits per heavy atom. The Balaban J connectivity index is 1.67. The lowest BCUT2D eigenvalue weighted by molar-refractivity contribution is 0.0744. The molecule has 0 bridgehead atoms. The molecule has 1 heterocycles. The Bertz CT molecular complexity index is 912. The predicted molar refractivity (Wildman–Crippen MR) is 101 cm³/mol. The summed E-state index contributed by atoms with van der Waals surface area (Å²) in [4.78, 5) is 14.3. The first kappa shape index (κ1) is 17.9. The number of benzene rings is 2. The number of nitrogens with zero attached hydrogens (tertiary/aromatic N) is 1. The van der Waals surface area contributed by atoms with Crippen LogP contribution in [0.1, 0.15) is 21.7 Å². The number of hydrogen-bond donors (Lipinski definition) is 0. The molecule has 5 heteroatoms. The molecule has 3 aromatic rings. The normalized spacial score (nSPS) is 10.8. The molecule has 0 aliphatic rings. The van der Waals surface area contributed by atoms with Crippen LogP contribution in [0, 0.1) is 13.8 Å². The predicted octanol–water partition coefficient (Wildman–Crippen LogP) is 4.21. The Kier molecular flexibility index (Phi) is 5.16. The van der Waals surface area contributed by atoms with Gasteiger partial charge in [0.25, 0.3) is 5.91 Å². The number of ether oxygens (including phenoxy) is 2. The topological polar surface area (TPSA) is 51.9 Å². The van der Waals surface area contributed by atoms with Crippen LogP contribution in [0.15, 0.2) is 46.9 Å². The Labute approximate surface area is 153 Å². The summed E-state index contributed by atoms with van der Waals surface area (Å²) in [7, 11) is 3.36. The molecule has 0 aliphatic heterocycles. The average Bonchev–Trinajstić information content (AvgIpc) is 2.98. The van der Waals surface area contributed by atoms with E-state index >= 15 is 0 Å². The molecule has 5 nitrogen and oxygen atoms in total. The van der Waals surface area contributed by atoms with E-state index in [-0.39, 0.29) is 5.91 Å². The number of rotatable bonds is 6. The van der Waals surface area contributed by atoms with Gasteiger partial charge in [-0.25, -0.2) is 0 Å². The lowest BCUT2D eigenvalue weighted by atomic mass is 10.1. The standard InChI is InChI=1S/C21H23NO4/c1-14-5-7-16(8-6-14)25-12-11-22(3)21(23)20-15(2)18-13-17(24-4)9-10-19(18)26-20/h5-10,13H,11-12H2,1-4H3. The molecule has 0 aliphatic carbocycles. The van der Waals surface area contributed by atoms with Crippen LogP contribution in [0.4, 0.5) is 0 Å². The zero-order chi connectivity index (χ0) is 18.7. The lowest BCUT2D eigenvalue weighted by Gasteiger charge is -2.16. The van der Waals surface area contributed by atoms with E-state index in [0.717, 1.165) is 22.4 Å². The van der Waals surface area contributed by atoms with Gasteiger partial charge in [0.15, 0.2) is 5.76 Å². The van der Waals surface area contributed by atoms with Crippen LogP contribution < -0.4 is 9.47 Å². The summed E-state index contributed by atoms with van der Waals surface area (Å²) in [6.07, 6.45) is 0.